The van der Waals surface area contributed by atoms with E-state index in [4.69, 9.17) is 4.74 Å². The van der Waals surface area contributed by atoms with Crippen LogP contribution >= 0.6 is 0 Å². The van der Waals surface area contributed by atoms with Gasteiger partial charge in [0, 0.05) is 17.6 Å². The number of aryl methyl sites for hydroxylation is 2. The van der Waals surface area contributed by atoms with E-state index < -0.39 is 5.60 Å². The van der Waals surface area contributed by atoms with Crippen LogP contribution < -0.4 is 0 Å². The number of fused-ring (bicyclic) bond motifs is 1. The number of nitrogens with zero attached hydrogens (tertiary/aromatic N) is 3. The van der Waals surface area contributed by atoms with Gasteiger partial charge in [-0.2, -0.15) is 0 Å². The van der Waals surface area contributed by atoms with Crippen LogP contribution in [0.5, 0.6) is 0 Å². The molecule has 0 aromatic carbocycles. The van der Waals surface area contributed by atoms with Gasteiger partial charge in [0.05, 0.1) is 17.7 Å². The van der Waals surface area contributed by atoms with E-state index in [1.807, 2.05) is 30.5 Å². The van der Waals surface area contributed by atoms with Gasteiger partial charge in [-0.05, 0) is 75.7 Å². The topological polar surface area (TPSA) is 76.7 Å². The van der Waals surface area contributed by atoms with Gasteiger partial charge in [-0.25, -0.2) is 9.97 Å². The third kappa shape index (κ3) is 3.04. The van der Waals surface area contributed by atoms with E-state index in [0.29, 0.717) is 29.7 Å². The normalized spacial score (nSPS) is 34.3. The predicted molar refractivity (Wildman–Crippen MR) is 98.9 cm³/mol. The minimum Gasteiger partial charge on any atom is -0.459 e. The number of ether oxygens (including phenoxy) is 1. The fourth-order valence-corrected chi connectivity index (χ4v) is 6.51. The molecule has 4 saturated carbocycles. The summed E-state index contributed by atoms with van der Waals surface area (Å²) in [4.78, 5) is 21.5. The Morgan fingerprint density at radius 3 is 2.70 bits per heavy atom. The van der Waals surface area contributed by atoms with Crippen LogP contribution in [0.4, 0.5) is 0 Å². The number of hydrogen-bond donors (Lipinski definition) is 1. The van der Waals surface area contributed by atoms with Gasteiger partial charge in [0.25, 0.3) is 0 Å². The molecular formula is C21H27N3O3. The van der Waals surface area contributed by atoms with Crippen molar-refractivity contribution < 1.29 is 14.6 Å². The predicted octanol–water partition coefficient (Wildman–Crippen LogP) is 3.11. The van der Waals surface area contributed by atoms with Crippen molar-refractivity contribution in [2.75, 3.05) is 0 Å². The molecule has 0 unspecified atom stereocenters. The van der Waals surface area contributed by atoms with Gasteiger partial charge in [0.2, 0.25) is 5.78 Å². The van der Waals surface area contributed by atoms with Gasteiger partial charge in [-0.1, -0.05) is 0 Å². The number of rotatable bonds is 4. The summed E-state index contributed by atoms with van der Waals surface area (Å²) in [6.07, 6.45) is 8.28. The first-order chi connectivity index (χ1) is 12.8. The van der Waals surface area contributed by atoms with Crippen molar-refractivity contribution in [1.29, 1.82) is 0 Å². The molecule has 1 N–H and O–H groups in total. The fraction of sp³-hybridized carbons (Fsp3) is 0.667. The van der Waals surface area contributed by atoms with Crippen molar-refractivity contribution in [2.24, 2.45) is 17.3 Å². The summed E-state index contributed by atoms with van der Waals surface area (Å²) in [5.74, 6) is 1.64. The van der Waals surface area contributed by atoms with E-state index in [0.717, 1.165) is 43.5 Å². The Morgan fingerprint density at radius 2 is 2.00 bits per heavy atom. The summed E-state index contributed by atoms with van der Waals surface area (Å²) in [5, 5.41) is 10.8. The van der Waals surface area contributed by atoms with Crippen molar-refractivity contribution in [3.05, 3.63) is 29.3 Å². The van der Waals surface area contributed by atoms with Crippen LogP contribution in [0.1, 0.15) is 62.0 Å². The van der Waals surface area contributed by atoms with Gasteiger partial charge in [0.15, 0.2) is 0 Å². The minimum absolute atomic E-state index is 0.0515. The third-order valence-electron chi connectivity index (χ3n) is 6.86. The highest BCUT2D eigenvalue weighted by molar-refractivity contribution is 5.70. The van der Waals surface area contributed by atoms with E-state index in [1.165, 1.54) is 6.42 Å². The zero-order valence-corrected chi connectivity index (χ0v) is 16.1. The zero-order chi connectivity index (χ0) is 18.8. The highest BCUT2D eigenvalue weighted by Gasteiger charge is 2.57. The average Bonchev–Trinajstić information content (AvgIpc) is 2.93. The summed E-state index contributed by atoms with van der Waals surface area (Å²) < 4.78 is 7.50. The molecule has 0 amide bonds. The number of carbonyl (C=O) groups excluding carboxylic acids is 1. The lowest BCUT2D eigenvalue weighted by atomic mass is 9.47. The van der Waals surface area contributed by atoms with Crippen LogP contribution in [0.15, 0.2) is 12.3 Å². The summed E-state index contributed by atoms with van der Waals surface area (Å²) >= 11 is 0. The molecule has 6 nitrogen and oxygen atoms in total. The molecule has 4 bridgehead atoms. The van der Waals surface area contributed by atoms with Crippen molar-refractivity contribution >= 4 is 11.7 Å². The summed E-state index contributed by atoms with van der Waals surface area (Å²) in [6, 6.07) is 2.00. The molecule has 6 rings (SSSR count). The molecule has 0 spiro atoms. The van der Waals surface area contributed by atoms with Gasteiger partial charge in [-0.15, -0.1) is 0 Å². The van der Waals surface area contributed by atoms with Crippen molar-refractivity contribution in [2.45, 2.75) is 71.0 Å². The van der Waals surface area contributed by atoms with Crippen molar-refractivity contribution in [3.63, 3.8) is 0 Å². The summed E-state index contributed by atoms with van der Waals surface area (Å²) in [6.45, 7) is 4.13. The first-order valence-corrected chi connectivity index (χ1v) is 10.0. The number of hydrogen-bond acceptors (Lipinski definition) is 5. The van der Waals surface area contributed by atoms with Crippen molar-refractivity contribution in [1.82, 2.24) is 14.4 Å². The van der Waals surface area contributed by atoms with Gasteiger partial charge in [0.1, 0.15) is 6.61 Å². The van der Waals surface area contributed by atoms with E-state index >= 15 is 0 Å². The van der Waals surface area contributed by atoms with E-state index in [2.05, 4.69) is 9.97 Å². The van der Waals surface area contributed by atoms with Crippen LogP contribution in [0.3, 0.4) is 0 Å². The van der Waals surface area contributed by atoms with Crippen LogP contribution in [0.2, 0.25) is 0 Å². The first-order valence-electron chi connectivity index (χ1n) is 10.0. The molecule has 27 heavy (non-hydrogen) atoms. The number of esters is 1. The monoisotopic (exact) mass is 369 g/mol. The molecule has 0 saturated heterocycles. The Kier molecular flexibility index (Phi) is 3.67. The van der Waals surface area contributed by atoms with Crippen LogP contribution in [-0.4, -0.2) is 31.0 Å². The number of imidazole rings is 1. The Morgan fingerprint density at radius 1 is 1.26 bits per heavy atom. The second-order valence-corrected chi connectivity index (χ2v) is 9.46. The average molecular weight is 369 g/mol. The van der Waals surface area contributed by atoms with Crippen LogP contribution in [0.25, 0.3) is 5.78 Å². The largest absolute Gasteiger partial charge is 0.459 e. The number of aliphatic hydroxyl groups is 1. The Labute approximate surface area is 159 Å². The highest BCUT2D eigenvalue weighted by Crippen LogP contribution is 2.62. The number of carbonyl (C=O) groups is 1. The van der Waals surface area contributed by atoms with Crippen LogP contribution in [0, 0.1) is 31.1 Å². The lowest BCUT2D eigenvalue weighted by molar-refractivity contribution is -0.177. The summed E-state index contributed by atoms with van der Waals surface area (Å²) in [7, 11) is 0. The molecule has 2 heterocycles. The van der Waals surface area contributed by atoms with Crippen molar-refractivity contribution in [3.8, 4) is 0 Å². The third-order valence-corrected chi connectivity index (χ3v) is 6.86. The highest BCUT2D eigenvalue weighted by atomic mass is 16.5. The maximum Gasteiger partial charge on any atom is 0.306 e. The van der Waals surface area contributed by atoms with Gasteiger partial charge in [-0.3, -0.25) is 9.20 Å². The molecular weight excluding hydrogens is 342 g/mol. The van der Waals surface area contributed by atoms with E-state index in [-0.39, 0.29) is 18.0 Å². The molecule has 4 aliphatic rings. The second kappa shape index (κ2) is 5.77. The van der Waals surface area contributed by atoms with E-state index in [9.17, 15) is 9.90 Å². The maximum atomic E-state index is 12.6. The molecule has 144 valence electrons. The molecule has 2 atom stereocenters. The van der Waals surface area contributed by atoms with Gasteiger partial charge >= 0.3 is 5.97 Å². The lowest BCUT2D eigenvalue weighted by Crippen LogP contribution is -2.56. The Balaban J connectivity index is 1.26. The Hall–Kier alpha value is -1.95. The first kappa shape index (κ1) is 17.2. The number of aromatic nitrogens is 3. The molecule has 0 aliphatic heterocycles. The maximum absolute atomic E-state index is 12.6. The molecule has 4 fully saturated rings. The summed E-state index contributed by atoms with van der Waals surface area (Å²) in [5.41, 5.74) is 2.11. The fourth-order valence-electron chi connectivity index (χ4n) is 6.51. The molecule has 2 aromatic rings. The Bertz CT molecular complexity index is 905. The quantitative estimate of drug-likeness (QED) is 0.838. The SMILES string of the molecule is Cc1cc(C)n2cc(COC(=O)CC34C[C@H]5C[C@@H](CC(O)(C5)C3)C4)nc2n1. The van der Waals surface area contributed by atoms with E-state index in [1.54, 1.807) is 0 Å². The molecule has 4 aliphatic carbocycles. The second-order valence-electron chi connectivity index (χ2n) is 9.46. The smallest absolute Gasteiger partial charge is 0.306 e. The molecule has 6 heteroatoms. The zero-order valence-electron chi connectivity index (χ0n) is 16.1. The minimum atomic E-state index is -0.535. The molecule has 2 aromatic heterocycles. The lowest BCUT2D eigenvalue weighted by Gasteiger charge is -2.60. The van der Waals surface area contributed by atoms with Crippen LogP contribution in [-0.2, 0) is 16.1 Å². The molecule has 0 radical (unpaired) electrons. The van der Waals surface area contributed by atoms with Gasteiger partial charge < -0.3 is 9.84 Å². The standard InChI is InChI=1S/C21H27N3O3/c1-13-3-14(2)24-10-17(23-19(24)22-13)11-27-18(25)9-20-5-15-4-16(6-20)8-21(26,7-15)12-20/h3,10,15-16,26H,4-9,11-12H2,1-2H3/t15-,16-,20?,21?/m1/s1.